The molecule has 5 nitrogen and oxygen atoms in total. The van der Waals surface area contributed by atoms with Gasteiger partial charge in [0.2, 0.25) is 10.0 Å². The number of hydrogen-bond acceptors (Lipinski definition) is 3. The second kappa shape index (κ2) is 7.08. The lowest BCUT2D eigenvalue weighted by Gasteiger charge is -2.34. The molecule has 1 amide bonds. The summed E-state index contributed by atoms with van der Waals surface area (Å²) in [6.07, 6.45) is 6.09. The molecule has 0 heterocycles. The van der Waals surface area contributed by atoms with Crippen LogP contribution in [0, 0.1) is 12.8 Å². The summed E-state index contributed by atoms with van der Waals surface area (Å²) in [5.74, 6) is 0.643. The van der Waals surface area contributed by atoms with Gasteiger partial charge in [0.1, 0.15) is 0 Å². The van der Waals surface area contributed by atoms with Crippen LogP contribution in [0.3, 0.4) is 0 Å². The van der Waals surface area contributed by atoms with E-state index in [1.54, 1.807) is 17.0 Å². The Balaban J connectivity index is 1.80. The number of aryl methyl sites for hydroxylation is 1. The molecule has 6 heteroatoms. The van der Waals surface area contributed by atoms with E-state index in [4.69, 9.17) is 0 Å². The van der Waals surface area contributed by atoms with Gasteiger partial charge in [-0.3, -0.25) is 4.79 Å². The summed E-state index contributed by atoms with van der Waals surface area (Å²) in [6, 6.07) is 5.14. The van der Waals surface area contributed by atoms with Gasteiger partial charge < -0.3 is 4.90 Å². The van der Waals surface area contributed by atoms with Crippen LogP contribution in [0.25, 0.3) is 0 Å². The zero-order valence-electron chi connectivity index (χ0n) is 15.3. The third-order valence-corrected chi connectivity index (χ3v) is 7.02. The standard InChI is InChI=1S/C19H28N2O3S/c1-13-4-9-16(10-5-13)21(3)19(22)18-12-17(11-6-14(18)2)25(23,24)20-15-7-8-15/h6,11-13,15-16,20H,4-5,7-10H2,1-3H3. The number of amides is 1. The van der Waals surface area contributed by atoms with Crippen LogP contribution in [-0.4, -0.2) is 38.4 Å². The van der Waals surface area contributed by atoms with Crippen molar-refractivity contribution in [2.45, 2.75) is 69.4 Å². The SMILES string of the molecule is Cc1ccc(S(=O)(=O)NC2CC2)cc1C(=O)N(C)C1CCC(C)CC1. The highest BCUT2D eigenvalue weighted by Crippen LogP contribution is 2.28. The molecule has 2 saturated carbocycles. The molecule has 0 saturated heterocycles. The van der Waals surface area contributed by atoms with E-state index in [1.165, 1.54) is 6.07 Å². The lowest BCUT2D eigenvalue weighted by atomic mass is 9.86. The average Bonchev–Trinajstić information content (AvgIpc) is 3.37. The van der Waals surface area contributed by atoms with Crippen LogP contribution in [0.1, 0.15) is 61.4 Å². The second-order valence-corrected chi connectivity index (χ2v) is 9.42. The number of carbonyl (C=O) groups excluding carboxylic acids is 1. The predicted molar refractivity (Wildman–Crippen MR) is 98.0 cm³/mol. The molecule has 2 aliphatic rings. The molecule has 2 fully saturated rings. The topological polar surface area (TPSA) is 66.5 Å². The van der Waals surface area contributed by atoms with E-state index in [9.17, 15) is 13.2 Å². The number of nitrogens with zero attached hydrogens (tertiary/aromatic N) is 1. The van der Waals surface area contributed by atoms with Gasteiger partial charge >= 0.3 is 0 Å². The summed E-state index contributed by atoms with van der Waals surface area (Å²) in [4.78, 5) is 15.0. The molecule has 0 unspecified atom stereocenters. The molecule has 138 valence electrons. The van der Waals surface area contributed by atoms with E-state index >= 15 is 0 Å². The molecule has 0 bridgehead atoms. The third-order valence-electron chi connectivity index (χ3n) is 5.50. The number of benzene rings is 1. The predicted octanol–water partition coefficient (Wildman–Crippen LogP) is 3.09. The van der Waals surface area contributed by atoms with Crippen molar-refractivity contribution in [1.82, 2.24) is 9.62 Å². The quantitative estimate of drug-likeness (QED) is 0.873. The second-order valence-electron chi connectivity index (χ2n) is 7.70. The van der Waals surface area contributed by atoms with Gasteiger partial charge in [0.15, 0.2) is 0 Å². The third kappa shape index (κ3) is 4.23. The van der Waals surface area contributed by atoms with Crippen LogP contribution in [0.4, 0.5) is 0 Å². The van der Waals surface area contributed by atoms with Crippen molar-refractivity contribution in [3.63, 3.8) is 0 Å². The summed E-state index contributed by atoms with van der Waals surface area (Å²) < 4.78 is 27.6. The van der Waals surface area contributed by atoms with Gasteiger partial charge in [-0.1, -0.05) is 13.0 Å². The number of hydrogen-bond donors (Lipinski definition) is 1. The number of nitrogens with one attached hydrogen (secondary N) is 1. The van der Waals surface area contributed by atoms with Gasteiger partial charge in [0, 0.05) is 24.7 Å². The first-order chi connectivity index (χ1) is 11.8. The molecular weight excluding hydrogens is 336 g/mol. The summed E-state index contributed by atoms with van der Waals surface area (Å²) in [5.41, 5.74) is 1.30. The summed E-state index contributed by atoms with van der Waals surface area (Å²) in [7, 11) is -1.71. The highest BCUT2D eigenvalue weighted by atomic mass is 32.2. The Bertz CT molecular complexity index is 748. The van der Waals surface area contributed by atoms with Crippen molar-refractivity contribution in [3.05, 3.63) is 29.3 Å². The fraction of sp³-hybridized carbons (Fsp3) is 0.632. The summed E-state index contributed by atoms with van der Waals surface area (Å²) in [6.45, 7) is 4.11. The Morgan fingerprint density at radius 2 is 1.76 bits per heavy atom. The van der Waals surface area contributed by atoms with E-state index in [1.807, 2.05) is 14.0 Å². The van der Waals surface area contributed by atoms with Gasteiger partial charge in [-0.2, -0.15) is 0 Å². The maximum Gasteiger partial charge on any atom is 0.254 e. The van der Waals surface area contributed by atoms with E-state index < -0.39 is 10.0 Å². The Morgan fingerprint density at radius 1 is 1.12 bits per heavy atom. The van der Waals surface area contributed by atoms with E-state index in [2.05, 4.69) is 11.6 Å². The molecule has 2 aliphatic carbocycles. The Hall–Kier alpha value is -1.40. The molecule has 0 spiro atoms. The minimum absolute atomic E-state index is 0.0531. The number of carbonyl (C=O) groups is 1. The molecule has 0 aromatic heterocycles. The fourth-order valence-corrected chi connectivity index (χ4v) is 4.80. The lowest BCUT2D eigenvalue weighted by molar-refractivity contribution is 0.0678. The molecule has 0 atom stereocenters. The largest absolute Gasteiger partial charge is 0.339 e. The van der Waals surface area contributed by atoms with E-state index in [0.717, 1.165) is 50.0 Å². The summed E-state index contributed by atoms with van der Waals surface area (Å²) >= 11 is 0. The van der Waals surface area contributed by atoms with Crippen LogP contribution in [-0.2, 0) is 10.0 Å². The molecule has 3 rings (SSSR count). The molecule has 1 N–H and O–H groups in total. The first-order valence-corrected chi connectivity index (χ1v) is 10.7. The first kappa shape index (κ1) is 18.4. The van der Waals surface area contributed by atoms with Gasteiger partial charge in [0.05, 0.1) is 4.90 Å². The van der Waals surface area contributed by atoms with Gasteiger partial charge in [-0.25, -0.2) is 13.1 Å². The zero-order chi connectivity index (χ0) is 18.2. The van der Waals surface area contributed by atoms with E-state index in [0.29, 0.717) is 5.56 Å². The monoisotopic (exact) mass is 364 g/mol. The van der Waals surface area contributed by atoms with Crippen molar-refractivity contribution in [2.75, 3.05) is 7.05 Å². The highest BCUT2D eigenvalue weighted by Gasteiger charge is 2.30. The molecular formula is C19H28N2O3S. The van der Waals surface area contributed by atoms with Crippen molar-refractivity contribution in [1.29, 1.82) is 0 Å². The van der Waals surface area contributed by atoms with E-state index in [-0.39, 0.29) is 22.9 Å². The van der Waals surface area contributed by atoms with Gasteiger partial charge in [-0.15, -0.1) is 0 Å². The molecule has 0 radical (unpaired) electrons. The number of rotatable bonds is 5. The van der Waals surface area contributed by atoms with Crippen molar-refractivity contribution in [2.24, 2.45) is 5.92 Å². The van der Waals surface area contributed by atoms with Gasteiger partial charge in [-0.05, 0) is 69.1 Å². The highest BCUT2D eigenvalue weighted by molar-refractivity contribution is 7.89. The van der Waals surface area contributed by atoms with Crippen LogP contribution in [0.15, 0.2) is 23.1 Å². The van der Waals surface area contributed by atoms with Crippen LogP contribution in [0.5, 0.6) is 0 Å². The first-order valence-electron chi connectivity index (χ1n) is 9.18. The average molecular weight is 365 g/mol. The van der Waals surface area contributed by atoms with Crippen molar-refractivity contribution < 1.29 is 13.2 Å². The molecule has 1 aromatic rings. The molecule has 0 aliphatic heterocycles. The Labute approximate surface area is 150 Å². The maximum atomic E-state index is 13.0. The fourth-order valence-electron chi connectivity index (χ4n) is 3.47. The zero-order valence-corrected chi connectivity index (χ0v) is 16.1. The van der Waals surface area contributed by atoms with Crippen LogP contribution in [0.2, 0.25) is 0 Å². The maximum absolute atomic E-state index is 13.0. The van der Waals surface area contributed by atoms with Crippen LogP contribution >= 0.6 is 0 Å². The van der Waals surface area contributed by atoms with Crippen LogP contribution < -0.4 is 4.72 Å². The minimum atomic E-state index is -3.55. The number of sulfonamides is 1. The van der Waals surface area contributed by atoms with Gasteiger partial charge in [0.25, 0.3) is 5.91 Å². The molecule has 25 heavy (non-hydrogen) atoms. The normalized spacial score (nSPS) is 24.1. The molecule has 1 aromatic carbocycles. The Kier molecular flexibility index (Phi) is 5.21. The van der Waals surface area contributed by atoms with Crippen molar-refractivity contribution >= 4 is 15.9 Å². The Morgan fingerprint density at radius 3 is 2.36 bits per heavy atom. The summed E-state index contributed by atoms with van der Waals surface area (Å²) in [5, 5.41) is 0. The smallest absolute Gasteiger partial charge is 0.254 e. The lowest BCUT2D eigenvalue weighted by Crippen LogP contribution is -2.39. The minimum Gasteiger partial charge on any atom is -0.339 e. The van der Waals surface area contributed by atoms with Crippen molar-refractivity contribution in [3.8, 4) is 0 Å².